The summed E-state index contributed by atoms with van der Waals surface area (Å²) in [7, 11) is 1.68. The molecule has 1 atom stereocenters. The highest BCUT2D eigenvalue weighted by molar-refractivity contribution is 5.92. The molecule has 2 rings (SSSR count). The number of rotatable bonds is 9. The molecule has 1 unspecified atom stereocenters. The fraction of sp³-hybridized carbons (Fsp3) is 0.455. The zero-order valence-electron chi connectivity index (χ0n) is 18.0. The van der Waals surface area contributed by atoms with Crippen LogP contribution >= 0.6 is 0 Å². The van der Waals surface area contributed by atoms with Gasteiger partial charge < -0.3 is 25.1 Å². The fourth-order valence-corrected chi connectivity index (χ4v) is 2.95. The summed E-state index contributed by atoms with van der Waals surface area (Å²) in [5.41, 5.74) is 3.10. The molecule has 3 N–H and O–H groups in total. The zero-order chi connectivity index (χ0) is 21.2. The smallest absolute Gasteiger partial charge is 0.287 e. The average Bonchev–Trinajstić information content (AvgIpc) is 3.13. The van der Waals surface area contributed by atoms with Crippen LogP contribution in [0.5, 0.6) is 5.75 Å². The molecule has 7 nitrogen and oxygen atoms in total. The minimum absolute atomic E-state index is 0.0317. The Balaban J connectivity index is 1.88. The maximum absolute atomic E-state index is 12.0. The molecule has 1 aromatic heterocycles. The second-order valence-corrected chi connectivity index (χ2v) is 6.91. The van der Waals surface area contributed by atoms with E-state index in [-0.39, 0.29) is 11.9 Å². The highest BCUT2D eigenvalue weighted by Gasteiger charge is 2.14. The topological polar surface area (TPSA) is 87.9 Å². The summed E-state index contributed by atoms with van der Waals surface area (Å²) in [6.45, 7) is 9.90. The van der Waals surface area contributed by atoms with Gasteiger partial charge in [-0.05, 0) is 46.2 Å². The Bertz CT molecular complexity index is 829. The number of hydrogen-bond acceptors (Lipinski definition) is 4. The average molecular weight is 401 g/mol. The molecule has 0 radical (unpaired) electrons. The first-order valence-electron chi connectivity index (χ1n) is 9.98. The molecule has 0 fully saturated rings. The number of benzene rings is 1. The van der Waals surface area contributed by atoms with E-state index in [1.54, 1.807) is 13.2 Å². The number of ether oxygens (including phenoxy) is 1. The van der Waals surface area contributed by atoms with Crippen molar-refractivity contribution < 1.29 is 13.9 Å². The van der Waals surface area contributed by atoms with Gasteiger partial charge in [-0.1, -0.05) is 17.7 Å². The molecule has 0 bridgehead atoms. The molecule has 7 heteroatoms. The number of guanidine groups is 1. The van der Waals surface area contributed by atoms with Crippen molar-refractivity contribution in [2.45, 2.75) is 40.2 Å². The number of aryl methyl sites for hydroxylation is 2. The lowest BCUT2D eigenvalue weighted by Gasteiger charge is -2.20. The van der Waals surface area contributed by atoms with Gasteiger partial charge in [0.2, 0.25) is 0 Å². The van der Waals surface area contributed by atoms with Gasteiger partial charge in [-0.3, -0.25) is 9.79 Å². The number of methoxy groups -OCH3 is 1. The lowest BCUT2D eigenvalue weighted by atomic mass is 10.0. The first-order chi connectivity index (χ1) is 14.0. The van der Waals surface area contributed by atoms with Crippen molar-refractivity contribution in [2.24, 2.45) is 4.99 Å². The number of aliphatic imine (C=N–C) groups is 1. The van der Waals surface area contributed by atoms with E-state index in [9.17, 15) is 4.79 Å². The third kappa shape index (κ3) is 6.55. The van der Waals surface area contributed by atoms with Crippen molar-refractivity contribution in [3.05, 3.63) is 53.0 Å². The molecule has 0 aliphatic heterocycles. The van der Waals surface area contributed by atoms with Crippen LogP contribution in [0.15, 0.2) is 39.9 Å². The largest absolute Gasteiger partial charge is 0.496 e. The predicted molar refractivity (Wildman–Crippen MR) is 116 cm³/mol. The molecule has 2 aromatic rings. The Hall–Kier alpha value is -2.96. The Morgan fingerprint density at radius 3 is 2.69 bits per heavy atom. The number of carbonyl (C=O) groups excluding carboxylic acids is 1. The lowest BCUT2D eigenvalue weighted by Crippen LogP contribution is -2.39. The third-order valence-electron chi connectivity index (χ3n) is 4.51. The summed E-state index contributed by atoms with van der Waals surface area (Å²) in [5, 5.41) is 9.54. The highest BCUT2D eigenvalue weighted by Crippen LogP contribution is 2.25. The van der Waals surface area contributed by atoms with Gasteiger partial charge in [0, 0.05) is 30.8 Å². The summed E-state index contributed by atoms with van der Waals surface area (Å²) in [5.74, 6) is 1.75. The molecule has 0 aliphatic carbocycles. The monoisotopic (exact) mass is 400 g/mol. The minimum Gasteiger partial charge on any atom is -0.496 e. The Kier molecular flexibility index (Phi) is 8.58. The Morgan fingerprint density at radius 2 is 2.03 bits per heavy atom. The number of furan rings is 1. The van der Waals surface area contributed by atoms with Gasteiger partial charge in [-0.25, -0.2) is 0 Å². The van der Waals surface area contributed by atoms with Crippen LogP contribution in [0.4, 0.5) is 0 Å². The first-order valence-corrected chi connectivity index (χ1v) is 9.98. The summed E-state index contributed by atoms with van der Waals surface area (Å²) >= 11 is 0. The van der Waals surface area contributed by atoms with Gasteiger partial charge in [-0.2, -0.15) is 0 Å². The summed E-state index contributed by atoms with van der Waals surface area (Å²) in [6.07, 6.45) is 2.25. The van der Waals surface area contributed by atoms with E-state index in [1.165, 1.54) is 11.8 Å². The molecule has 158 valence electrons. The summed E-state index contributed by atoms with van der Waals surface area (Å²) in [4.78, 5) is 16.7. The lowest BCUT2D eigenvalue weighted by molar-refractivity contribution is 0.0925. The third-order valence-corrected chi connectivity index (χ3v) is 4.51. The van der Waals surface area contributed by atoms with Crippen LogP contribution in [-0.4, -0.2) is 38.6 Å². The molecule has 1 aromatic carbocycles. The Labute approximate surface area is 172 Å². The van der Waals surface area contributed by atoms with Crippen LogP contribution in [0, 0.1) is 13.8 Å². The second kappa shape index (κ2) is 11.1. The number of hydrogen-bond donors (Lipinski definition) is 3. The summed E-state index contributed by atoms with van der Waals surface area (Å²) in [6, 6.07) is 7.94. The van der Waals surface area contributed by atoms with E-state index < -0.39 is 0 Å². The minimum atomic E-state index is -0.193. The molecule has 1 amide bonds. The summed E-state index contributed by atoms with van der Waals surface area (Å²) < 4.78 is 10.7. The molecule has 0 aliphatic rings. The maximum Gasteiger partial charge on any atom is 0.287 e. The van der Waals surface area contributed by atoms with Crippen molar-refractivity contribution in [2.75, 3.05) is 26.7 Å². The molecule has 0 saturated heterocycles. The quantitative estimate of drug-likeness (QED) is 0.341. The van der Waals surface area contributed by atoms with Crippen LogP contribution < -0.4 is 20.7 Å². The first kappa shape index (κ1) is 22.3. The molecular weight excluding hydrogens is 368 g/mol. The normalized spacial score (nSPS) is 12.4. The van der Waals surface area contributed by atoms with E-state index in [0.717, 1.165) is 35.8 Å². The SMILES string of the molecule is CCNC(=NCCCNC(=O)c1occc1C)NC(C)c1cc(C)ccc1OC. The van der Waals surface area contributed by atoms with Crippen molar-refractivity contribution in [1.29, 1.82) is 0 Å². The van der Waals surface area contributed by atoms with Crippen LogP contribution in [0.3, 0.4) is 0 Å². The fourth-order valence-electron chi connectivity index (χ4n) is 2.95. The van der Waals surface area contributed by atoms with E-state index in [0.29, 0.717) is 18.8 Å². The molecule has 0 saturated carbocycles. The zero-order valence-corrected chi connectivity index (χ0v) is 18.0. The van der Waals surface area contributed by atoms with Crippen LogP contribution in [0.2, 0.25) is 0 Å². The number of amides is 1. The van der Waals surface area contributed by atoms with E-state index >= 15 is 0 Å². The van der Waals surface area contributed by atoms with Gasteiger partial charge in [0.25, 0.3) is 5.91 Å². The van der Waals surface area contributed by atoms with Gasteiger partial charge in [0.15, 0.2) is 11.7 Å². The van der Waals surface area contributed by atoms with Gasteiger partial charge in [0.05, 0.1) is 19.4 Å². The van der Waals surface area contributed by atoms with Crippen LogP contribution in [0.25, 0.3) is 0 Å². The van der Waals surface area contributed by atoms with Crippen molar-refractivity contribution in [3.63, 3.8) is 0 Å². The molecule has 1 heterocycles. The van der Waals surface area contributed by atoms with Gasteiger partial charge in [-0.15, -0.1) is 0 Å². The Morgan fingerprint density at radius 1 is 1.24 bits per heavy atom. The number of nitrogens with one attached hydrogen (secondary N) is 3. The molecular formula is C22H32N4O3. The van der Waals surface area contributed by atoms with Crippen molar-refractivity contribution in [1.82, 2.24) is 16.0 Å². The standard InChI is InChI=1S/C22H32N4O3/c1-6-23-22(26-17(4)18-14-15(2)8-9-19(18)28-5)25-12-7-11-24-21(27)20-16(3)10-13-29-20/h8-10,13-14,17H,6-7,11-12H2,1-5H3,(H,24,27)(H2,23,25,26). The van der Waals surface area contributed by atoms with E-state index in [2.05, 4.69) is 40.9 Å². The number of carbonyl (C=O) groups is 1. The van der Waals surface area contributed by atoms with Crippen molar-refractivity contribution >= 4 is 11.9 Å². The molecule has 29 heavy (non-hydrogen) atoms. The van der Waals surface area contributed by atoms with Crippen LogP contribution in [-0.2, 0) is 0 Å². The highest BCUT2D eigenvalue weighted by atomic mass is 16.5. The van der Waals surface area contributed by atoms with E-state index in [4.69, 9.17) is 9.15 Å². The van der Waals surface area contributed by atoms with Crippen molar-refractivity contribution in [3.8, 4) is 5.75 Å². The maximum atomic E-state index is 12.0. The van der Waals surface area contributed by atoms with Gasteiger partial charge in [0.1, 0.15) is 5.75 Å². The van der Waals surface area contributed by atoms with Gasteiger partial charge >= 0.3 is 0 Å². The number of nitrogens with zero attached hydrogens (tertiary/aromatic N) is 1. The predicted octanol–water partition coefficient (Wildman–Crippen LogP) is 3.34. The second-order valence-electron chi connectivity index (χ2n) is 6.91. The molecule has 0 spiro atoms. The van der Waals surface area contributed by atoms with E-state index in [1.807, 2.05) is 26.0 Å². The van der Waals surface area contributed by atoms with Crippen LogP contribution in [0.1, 0.15) is 53.6 Å².